The lowest BCUT2D eigenvalue weighted by molar-refractivity contribution is -0.123. The van der Waals surface area contributed by atoms with E-state index in [0.717, 1.165) is 25.7 Å². The molecule has 0 aliphatic carbocycles. The Bertz CT molecular complexity index is 626. The normalized spacial score (nSPS) is 12.8. The Kier molecular flexibility index (Phi) is 41.3. The molecule has 4 heteroatoms. The molecule has 4 nitrogen and oxygen atoms in total. The molecule has 3 N–H and O–H groups in total. The predicted octanol–water partition coefficient (Wildman–Crippen LogP) is 14.1. The lowest BCUT2D eigenvalue weighted by atomic mass is 10.0. The van der Waals surface area contributed by atoms with E-state index in [2.05, 4.69) is 19.2 Å². The van der Waals surface area contributed by atoms with Crippen molar-refractivity contribution in [2.24, 2.45) is 0 Å². The van der Waals surface area contributed by atoms with Gasteiger partial charge in [0.25, 0.3) is 0 Å². The van der Waals surface area contributed by atoms with Crippen molar-refractivity contribution in [3.63, 3.8) is 0 Å². The van der Waals surface area contributed by atoms with Gasteiger partial charge in [-0.3, -0.25) is 4.79 Å². The molecule has 0 aliphatic rings. The summed E-state index contributed by atoms with van der Waals surface area (Å²) in [5.74, 6) is -0.0252. The molecule has 0 spiro atoms. The summed E-state index contributed by atoms with van der Waals surface area (Å²) in [5.41, 5.74) is 0. The van der Waals surface area contributed by atoms with Crippen LogP contribution in [0.25, 0.3) is 0 Å². The third-order valence-corrected chi connectivity index (χ3v) is 10.9. The van der Waals surface area contributed by atoms with Gasteiger partial charge in [0.1, 0.15) is 0 Å². The molecule has 0 saturated heterocycles. The van der Waals surface area contributed by atoms with Crippen LogP contribution in [-0.4, -0.2) is 34.9 Å². The first-order valence-electron chi connectivity index (χ1n) is 22.7. The van der Waals surface area contributed by atoms with Gasteiger partial charge in [-0.05, 0) is 12.8 Å². The molecule has 0 rings (SSSR count). The minimum absolute atomic E-state index is 0.0252. The summed E-state index contributed by atoms with van der Waals surface area (Å²) in [6.07, 6.45) is 50.4. The first-order chi connectivity index (χ1) is 24.2. The van der Waals surface area contributed by atoms with Crippen LogP contribution in [0.2, 0.25) is 0 Å². The summed E-state index contributed by atoms with van der Waals surface area (Å²) in [5, 5.41) is 23.2. The van der Waals surface area contributed by atoms with Crippen molar-refractivity contribution in [1.29, 1.82) is 0 Å². The largest absolute Gasteiger partial charge is 0.394 e. The maximum atomic E-state index is 12.4. The smallest absolute Gasteiger partial charge is 0.220 e. The zero-order valence-electron chi connectivity index (χ0n) is 33.7. The van der Waals surface area contributed by atoms with Crippen LogP contribution in [0.5, 0.6) is 0 Å². The Morgan fingerprint density at radius 1 is 0.408 bits per heavy atom. The van der Waals surface area contributed by atoms with Gasteiger partial charge in [-0.1, -0.05) is 245 Å². The maximum absolute atomic E-state index is 12.4. The number of amides is 1. The van der Waals surface area contributed by atoms with Crippen LogP contribution in [0, 0.1) is 0 Å². The molecular formula is C45H91NO3. The van der Waals surface area contributed by atoms with Crippen molar-refractivity contribution < 1.29 is 15.0 Å². The minimum Gasteiger partial charge on any atom is -0.394 e. The lowest BCUT2D eigenvalue weighted by Gasteiger charge is -2.22. The molecular weight excluding hydrogens is 602 g/mol. The summed E-state index contributed by atoms with van der Waals surface area (Å²) >= 11 is 0. The number of aliphatic hydroxyl groups is 2. The van der Waals surface area contributed by atoms with E-state index in [4.69, 9.17) is 0 Å². The molecule has 1 amide bonds. The van der Waals surface area contributed by atoms with E-state index in [-0.39, 0.29) is 12.5 Å². The zero-order chi connectivity index (χ0) is 35.7. The van der Waals surface area contributed by atoms with Gasteiger partial charge in [-0.15, -0.1) is 0 Å². The highest BCUT2D eigenvalue weighted by molar-refractivity contribution is 5.76. The van der Waals surface area contributed by atoms with Gasteiger partial charge in [0.15, 0.2) is 0 Å². The summed E-state index contributed by atoms with van der Waals surface area (Å²) < 4.78 is 0. The number of hydrogen-bond acceptors (Lipinski definition) is 3. The molecule has 294 valence electrons. The van der Waals surface area contributed by atoms with E-state index in [9.17, 15) is 15.0 Å². The van der Waals surface area contributed by atoms with E-state index >= 15 is 0 Å². The average Bonchev–Trinajstić information content (AvgIpc) is 3.10. The maximum Gasteiger partial charge on any atom is 0.220 e. The van der Waals surface area contributed by atoms with Crippen molar-refractivity contribution in [2.45, 2.75) is 276 Å². The summed E-state index contributed by atoms with van der Waals surface area (Å²) in [6.45, 7) is 4.39. The third kappa shape index (κ3) is 38.5. The lowest BCUT2D eigenvalue weighted by Crippen LogP contribution is -2.45. The second-order valence-electron chi connectivity index (χ2n) is 15.8. The van der Waals surface area contributed by atoms with Gasteiger partial charge in [-0.25, -0.2) is 0 Å². The number of aliphatic hydroxyl groups excluding tert-OH is 2. The van der Waals surface area contributed by atoms with Crippen LogP contribution < -0.4 is 5.32 Å². The Labute approximate surface area is 308 Å². The molecule has 0 radical (unpaired) electrons. The van der Waals surface area contributed by atoms with E-state index < -0.39 is 12.1 Å². The summed E-state index contributed by atoms with van der Waals surface area (Å²) in [4.78, 5) is 12.4. The summed E-state index contributed by atoms with van der Waals surface area (Å²) in [7, 11) is 0. The van der Waals surface area contributed by atoms with Crippen molar-refractivity contribution in [3.05, 3.63) is 0 Å². The molecule has 49 heavy (non-hydrogen) atoms. The predicted molar refractivity (Wildman–Crippen MR) is 216 cm³/mol. The van der Waals surface area contributed by atoms with Crippen LogP contribution in [0.1, 0.15) is 264 Å². The molecule has 0 bridgehead atoms. The van der Waals surface area contributed by atoms with E-state index in [1.165, 1.54) is 212 Å². The molecule has 0 aromatic rings. The molecule has 0 aromatic heterocycles. The Morgan fingerprint density at radius 2 is 0.653 bits per heavy atom. The molecule has 0 heterocycles. The van der Waals surface area contributed by atoms with Crippen molar-refractivity contribution in [1.82, 2.24) is 5.32 Å². The zero-order valence-corrected chi connectivity index (χ0v) is 33.7. The van der Waals surface area contributed by atoms with Gasteiger partial charge in [-0.2, -0.15) is 0 Å². The fraction of sp³-hybridized carbons (Fsp3) is 0.978. The van der Waals surface area contributed by atoms with Crippen LogP contribution >= 0.6 is 0 Å². The van der Waals surface area contributed by atoms with Gasteiger partial charge in [0.05, 0.1) is 18.8 Å². The molecule has 0 fully saturated rings. The Balaban J connectivity index is 3.46. The van der Waals surface area contributed by atoms with E-state index in [1.807, 2.05) is 0 Å². The average molecular weight is 694 g/mol. The number of nitrogens with one attached hydrogen (secondary N) is 1. The van der Waals surface area contributed by atoms with Crippen molar-refractivity contribution in [3.8, 4) is 0 Å². The second-order valence-corrected chi connectivity index (χ2v) is 15.8. The quantitative estimate of drug-likeness (QED) is 0.0557. The monoisotopic (exact) mass is 694 g/mol. The minimum atomic E-state index is -0.653. The van der Waals surface area contributed by atoms with Gasteiger partial charge >= 0.3 is 0 Å². The molecule has 0 aromatic carbocycles. The Hall–Kier alpha value is -0.610. The van der Waals surface area contributed by atoms with E-state index in [0.29, 0.717) is 12.8 Å². The number of hydrogen-bond donors (Lipinski definition) is 3. The van der Waals surface area contributed by atoms with Gasteiger partial charge in [0, 0.05) is 6.42 Å². The van der Waals surface area contributed by atoms with Crippen LogP contribution in [-0.2, 0) is 4.79 Å². The van der Waals surface area contributed by atoms with Crippen LogP contribution in [0.4, 0.5) is 0 Å². The topological polar surface area (TPSA) is 69.6 Å². The number of unbranched alkanes of at least 4 members (excludes halogenated alkanes) is 35. The third-order valence-electron chi connectivity index (χ3n) is 10.9. The number of carbonyl (C=O) groups excluding carboxylic acids is 1. The van der Waals surface area contributed by atoms with Gasteiger partial charge < -0.3 is 15.5 Å². The molecule has 0 saturated carbocycles. The molecule has 0 aliphatic heterocycles. The van der Waals surface area contributed by atoms with Crippen molar-refractivity contribution in [2.75, 3.05) is 6.61 Å². The van der Waals surface area contributed by atoms with Crippen molar-refractivity contribution >= 4 is 5.91 Å². The highest BCUT2D eigenvalue weighted by Gasteiger charge is 2.20. The highest BCUT2D eigenvalue weighted by atomic mass is 16.3. The number of carbonyl (C=O) groups is 1. The van der Waals surface area contributed by atoms with E-state index in [1.54, 1.807) is 0 Å². The number of rotatable bonds is 42. The fourth-order valence-electron chi connectivity index (χ4n) is 7.36. The Morgan fingerprint density at radius 3 is 0.918 bits per heavy atom. The molecule has 2 unspecified atom stereocenters. The van der Waals surface area contributed by atoms with Crippen LogP contribution in [0.3, 0.4) is 0 Å². The standard InChI is InChI=1S/C45H91NO3/c1-3-5-7-9-11-13-15-17-19-21-23-24-26-28-30-32-34-36-38-40-44(48)43(42-47)46-45(49)41-39-37-35-33-31-29-27-25-22-20-18-16-14-12-10-8-6-4-2/h43-44,47-48H,3-42H2,1-2H3,(H,46,49). The first-order valence-corrected chi connectivity index (χ1v) is 22.7. The second kappa shape index (κ2) is 41.8. The summed E-state index contributed by atoms with van der Waals surface area (Å²) in [6, 6.07) is -0.529. The molecule has 2 atom stereocenters. The highest BCUT2D eigenvalue weighted by Crippen LogP contribution is 2.17. The van der Waals surface area contributed by atoms with Crippen LogP contribution in [0.15, 0.2) is 0 Å². The fourth-order valence-corrected chi connectivity index (χ4v) is 7.36. The first kappa shape index (κ1) is 48.4. The SMILES string of the molecule is CCCCCCCCCCCCCCCCCCCCCC(O)C(CO)NC(=O)CCCCCCCCCCCCCCCCCCCC. The van der Waals surface area contributed by atoms with Gasteiger partial charge in [0.2, 0.25) is 5.91 Å².